The number of nitrogens with one attached hydrogen (secondary N) is 1. The Bertz CT molecular complexity index is 983. The van der Waals surface area contributed by atoms with Gasteiger partial charge in [-0.15, -0.1) is 0 Å². The zero-order chi connectivity index (χ0) is 19.7. The van der Waals surface area contributed by atoms with Gasteiger partial charge in [-0.3, -0.25) is 3.97 Å². The van der Waals surface area contributed by atoms with Crippen LogP contribution in [0.25, 0.3) is 10.9 Å². The predicted molar refractivity (Wildman–Crippen MR) is 106 cm³/mol. The lowest BCUT2D eigenvalue weighted by molar-refractivity contribution is 0.153. The number of alkyl halides is 2. The molecular formula is C21H21F3N2OS. The minimum absolute atomic E-state index is 0.0883. The summed E-state index contributed by atoms with van der Waals surface area (Å²) in [5.41, 5.74) is 1.49. The highest BCUT2D eigenvalue weighted by Crippen LogP contribution is 2.38. The van der Waals surface area contributed by atoms with Gasteiger partial charge in [0.2, 0.25) is 0 Å². The van der Waals surface area contributed by atoms with Crippen LogP contribution in [0.3, 0.4) is 0 Å². The summed E-state index contributed by atoms with van der Waals surface area (Å²) in [6.45, 7) is 1.93. The van der Waals surface area contributed by atoms with Crippen LogP contribution in [0.1, 0.15) is 36.3 Å². The van der Waals surface area contributed by atoms with Crippen molar-refractivity contribution in [2.45, 2.75) is 30.1 Å². The fourth-order valence-corrected chi connectivity index (χ4v) is 4.73. The maximum Gasteiger partial charge on any atom is 0.265 e. The Kier molecular flexibility index (Phi) is 5.55. The van der Waals surface area contributed by atoms with Gasteiger partial charge in [0.1, 0.15) is 11.6 Å². The van der Waals surface area contributed by atoms with Gasteiger partial charge in [0, 0.05) is 22.0 Å². The first-order valence-corrected chi connectivity index (χ1v) is 10.00. The molecular weight excluding hydrogens is 385 g/mol. The molecule has 1 aliphatic rings. The van der Waals surface area contributed by atoms with E-state index in [9.17, 15) is 13.2 Å². The number of piperidine rings is 1. The second-order valence-corrected chi connectivity index (χ2v) is 7.94. The number of nitrogens with zero attached hydrogens (tertiary/aromatic N) is 1. The molecule has 1 aromatic heterocycles. The van der Waals surface area contributed by atoms with E-state index in [0.717, 1.165) is 42.1 Å². The fraction of sp³-hybridized carbons (Fsp3) is 0.333. The number of ether oxygens (including phenoxy) is 1. The van der Waals surface area contributed by atoms with Crippen molar-refractivity contribution in [2.75, 3.05) is 20.2 Å². The van der Waals surface area contributed by atoms with E-state index in [0.29, 0.717) is 16.8 Å². The van der Waals surface area contributed by atoms with Crippen LogP contribution in [-0.4, -0.2) is 24.2 Å². The highest BCUT2D eigenvalue weighted by Gasteiger charge is 2.21. The molecule has 7 heteroatoms. The Hall–Kier alpha value is -2.12. The van der Waals surface area contributed by atoms with Crippen molar-refractivity contribution in [1.29, 1.82) is 0 Å². The van der Waals surface area contributed by atoms with E-state index >= 15 is 0 Å². The molecule has 3 aromatic rings. The Morgan fingerprint density at radius 1 is 1.14 bits per heavy atom. The van der Waals surface area contributed by atoms with Crippen LogP contribution in [0.5, 0.6) is 5.75 Å². The molecule has 0 radical (unpaired) electrons. The molecule has 28 heavy (non-hydrogen) atoms. The largest absolute Gasteiger partial charge is 0.496 e. The maximum atomic E-state index is 13.7. The van der Waals surface area contributed by atoms with Gasteiger partial charge in [-0.05, 0) is 85.8 Å². The molecule has 1 aliphatic heterocycles. The normalized spacial score (nSPS) is 15.5. The summed E-state index contributed by atoms with van der Waals surface area (Å²) < 4.78 is 47.7. The average molecular weight is 406 g/mol. The van der Waals surface area contributed by atoms with Gasteiger partial charge in [0.05, 0.1) is 12.6 Å². The van der Waals surface area contributed by atoms with Gasteiger partial charge >= 0.3 is 0 Å². The van der Waals surface area contributed by atoms with Crippen LogP contribution in [0.2, 0.25) is 0 Å². The van der Waals surface area contributed by atoms with Crippen molar-refractivity contribution in [1.82, 2.24) is 9.29 Å². The van der Waals surface area contributed by atoms with E-state index in [1.165, 1.54) is 36.3 Å². The number of rotatable bonds is 5. The molecule has 1 fully saturated rings. The first-order chi connectivity index (χ1) is 13.6. The van der Waals surface area contributed by atoms with Gasteiger partial charge in [0.25, 0.3) is 6.43 Å². The van der Waals surface area contributed by atoms with Crippen molar-refractivity contribution < 1.29 is 17.9 Å². The lowest BCUT2D eigenvalue weighted by Gasteiger charge is -2.25. The SMILES string of the molecule is COc1ccc(Sn2cc(C(F)F)c3ccc(F)cc32)cc1C1CCNCC1. The Labute approximate surface area is 166 Å². The summed E-state index contributed by atoms with van der Waals surface area (Å²) in [4.78, 5) is 0.899. The highest BCUT2D eigenvalue weighted by atomic mass is 32.2. The molecule has 0 aliphatic carbocycles. The minimum atomic E-state index is -2.61. The van der Waals surface area contributed by atoms with Gasteiger partial charge in [0.15, 0.2) is 0 Å². The standard InChI is InChI=1S/C21H21F3N2OS/c1-27-20-5-3-15(11-17(20)13-6-8-25-9-7-13)28-26-12-18(21(23)24)16-4-2-14(22)10-19(16)26/h2-5,10-13,21,25H,6-9H2,1H3. The van der Waals surface area contributed by atoms with Crippen molar-refractivity contribution in [2.24, 2.45) is 0 Å². The van der Waals surface area contributed by atoms with Gasteiger partial charge < -0.3 is 10.1 Å². The second kappa shape index (κ2) is 8.09. The first-order valence-electron chi connectivity index (χ1n) is 9.22. The zero-order valence-electron chi connectivity index (χ0n) is 15.4. The molecule has 148 valence electrons. The van der Waals surface area contributed by atoms with E-state index in [1.54, 1.807) is 11.1 Å². The van der Waals surface area contributed by atoms with Crippen molar-refractivity contribution >= 4 is 22.9 Å². The lowest BCUT2D eigenvalue weighted by atomic mass is 9.89. The number of fused-ring (bicyclic) bond motifs is 1. The fourth-order valence-electron chi connectivity index (χ4n) is 3.78. The van der Waals surface area contributed by atoms with E-state index in [1.807, 2.05) is 12.1 Å². The average Bonchev–Trinajstić information content (AvgIpc) is 3.06. The Balaban J connectivity index is 1.72. The molecule has 2 aromatic carbocycles. The zero-order valence-corrected chi connectivity index (χ0v) is 16.2. The summed E-state index contributed by atoms with van der Waals surface area (Å²) in [5.74, 6) is 0.790. The summed E-state index contributed by atoms with van der Waals surface area (Å²) >= 11 is 1.31. The van der Waals surface area contributed by atoms with Crippen molar-refractivity contribution in [3.63, 3.8) is 0 Å². The van der Waals surface area contributed by atoms with Gasteiger partial charge in [-0.2, -0.15) is 0 Å². The third-order valence-corrected chi connectivity index (χ3v) is 6.15. The van der Waals surface area contributed by atoms with Crippen LogP contribution < -0.4 is 10.1 Å². The molecule has 1 saturated heterocycles. The molecule has 0 saturated carbocycles. The number of methoxy groups -OCH3 is 1. The number of benzene rings is 2. The van der Waals surface area contributed by atoms with Crippen LogP contribution in [0.15, 0.2) is 47.5 Å². The molecule has 1 N–H and O–H groups in total. The molecule has 0 bridgehead atoms. The Morgan fingerprint density at radius 3 is 2.64 bits per heavy atom. The van der Waals surface area contributed by atoms with Gasteiger partial charge in [-0.25, -0.2) is 13.2 Å². The highest BCUT2D eigenvalue weighted by molar-refractivity contribution is 7.98. The van der Waals surface area contributed by atoms with Crippen LogP contribution in [0.4, 0.5) is 13.2 Å². The second-order valence-electron chi connectivity index (χ2n) is 6.89. The third-order valence-electron chi connectivity index (χ3n) is 5.18. The van der Waals surface area contributed by atoms with Crippen LogP contribution in [-0.2, 0) is 0 Å². The molecule has 3 nitrogen and oxygen atoms in total. The van der Waals surface area contributed by atoms with Gasteiger partial charge in [-0.1, -0.05) is 0 Å². The number of hydrogen-bond acceptors (Lipinski definition) is 3. The summed E-state index contributed by atoms with van der Waals surface area (Å²) in [6.07, 6.45) is 0.833. The Morgan fingerprint density at radius 2 is 1.93 bits per heavy atom. The topological polar surface area (TPSA) is 26.2 Å². The molecule has 2 heterocycles. The molecule has 0 atom stereocenters. The number of aromatic nitrogens is 1. The number of hydrogen-bond donors (Lipinski definition) is 1. The smallest absolute Gasteiger partial charge is 0.265 e. The first kappa shape index (κ1) is 19.2. The predicted octanol–water partition coefficient (Wildman–Crippen LogP) is 5.75. The molecule has 0 spiro atoms. The third kappa shape index (κ3) is 3.73. The summed E-state index contributed by atoms with van der Waals surface area (Å²) in [6, 6.07) is 9.81. The molecule has 0 amide bonds. The molecule has 0 unspecified atom stereocenters. The van der Waals surface area contributed by atoms with E-state index in [4.69, 9.17) is 4.74 Å². The van der Waals surface area contributed by atoms with E-state index < -0.39 is 12.2 Å². The van der Waals surface area contributed by atoms with Crippen LogP contribution in [0, 0.1) is 5.82 Å². The maximum absolute atomic E-state index is 13.7. The minimum Gasteiger partial charge on any atom is -0.496 e. The van der Waals surface area contributed by atoms with Crippen LogP contribution >= 0.6 is 11.9 Å². The van der Waals surface area contributed by atoms with E-state index in [2.05, 4.69) is 11.4 Å². The van der Waals surface area contributed by atoms with Crippen molar-refractivity contribution in [3.05, 3.63) is 59.5 Å². The lowest BCUT2D eigenvalue weighted by Crippen LogP contribution is -2.26. The number of halogens is 3. The van der Waals surface area contributed by atoms with E-state index in [-0.39, 0.29) is 5.56 Å². The monoisotopic (exact) mass is 406 g/mol. The van der Waals surface area contributed by atoms with Crippen molar-refractivity contribution in [3.8, 4) is 5.75 Å². The quantitative estimate of drug-likeness (QED) is 0.584. The summed E-state index contributed by atoms with van der Waals surface area (Å²) in [7, 11) is 1.66. The summed E-state index contributed by atoms with van der Waals surface area (Å²) in [5, 5.41) is 3.73. The molecule has 4 rings (SSSR count).